The average molecular weight is 255 g/mol. The number of rotatable bonds is 5. The van der Waals surface area contributed by atoms with E-state index in [4.69, 9.17) is 4.42 Å². The third-order valence-electron chi connectivity index (χ3n) is 3.12. The summed E-state index contributed by atoms with van der Waals surface area (Å²) in [6.07, 6.45) is 1.86. The lowest BCUT2D eigenvalue weighted by Crippen LogP contribution is -2.10. The number of benzene rings is 1. The summed E-state index contributed by atoms with van der Waals surface area (Å²) < 4.78 is 7.90. The molecule has 0 radical (unpaired) electrons. The van der Waals surface area contributed by atoms with Crippen LogP contribution < -0.4 is 5.32 Å². The van der Waals surface area contributed by atoms with Crippen molar-refractivity contribution in [2.24, 2.45) is 0 Å². The van der Waals surface area contributed by atoms with E-state index in [1.165, 1.54) is 0 Å². The molecule has 4 heteroatoms. The van der Waals surface area contributed by atoms with E-state index < -0.39 is 0 Å². The molecule has 0 aliphatic rings. The van der Waals surface area contributed by atoms with Crippen LogP contribution in [-0.2, 0) is 13.1 Å². The highest BCUT2D eigenvalue weighted by molar-refractivity contribution is 5.74. The van der Waals surface area contributed by atoms with Crippen LogP contribution in [0.3, 0.4) is 0 Å². The Morgan fingerprint density at radius 3 is 2.89 bits per heavy atom. The van der Waals surface area contributed by atoms with Gasteiger partial charge < -0.3 is 14.3 Å². The highest BCUT2D eigenvalue weighted by Gasteiger charge is 2.05. The number of furan rings is 1. The van der Waals surface area contributed by atoms with Crippen molar-refractivity contribution in [3.05, 3.63) is 54.2 Å². The molecule has 0 fully saturated rings. The number of aromatic nitrogens is 2. The molecular formula is C15H17N3O. The van der Waals surface area contributed by atoms with Gasteiger partial charge in [-0.25, -0.2) is 4.98 Å². The van der Waals surface area contributed by atoms with E-state index >= 15 is 0 Å². The van der Waals surface area contributed by atoms with Crippen LogP contribution in [0.5, 0.6) is 0 Å². The van der Waals surface area contributed by atoms with E-state index in [2.05, 4.69) is 27.9 Å². The standard InChI is InChI=1S/C15H17N3O/c1-2-16-9-12-7-8-13(19-12)10-18-11-17-14-5-3-4-6-15(14)18/h3-8,11,16H,2,9-10H2,1H3. The minimum absolute atomic E-state index is 0.715. The van der Waals surface area contributed by atoms with Crippen LogP contribution in [0.1, 0.15) is 18.4 Å². The Balaban J connectivity index is 1.79. The van der Waals surface area contributed by atoms with Gasteiger partial charge in [-0.15, -0.1) is 0 Å². The molecule has 1 N–H and O–H groups in total. The second kappa shape index (κ2) is 5.28. The molecule has 0 atom stereocenters. The van der Waals surface area contributed by atoms with Crippen LogP contribution in [0.4, 0.5) is 0 Å². The average Bonchev–Trinajstić information content (AvgIpc) is 3.05. The number of imidazole rings is 1. The van der Waals surface area contributed by atoms with E-state index in [1.54, 1.807) is 0 Å². The van der Waals surface area contributed by atoms with Crippen molar-refractivity contribution in [2.75, 3.05) is 6.54 Å². The third-order valence-corrected chi connectivity index (χ3v) is 3.12. The van der Waals surface area contributed by atoms with Gasteiger partial charge in [0, 0.05) is 0 Å². The van der Waals surface area contributed by atoms with E-state index in [0.29, 0.717) is 6.54 Å². The van der Waals surface area contributed by atoms with Crippen molar-refractivity contribution in [1.29, 1.82) is 0 Å². The zero-order chi connectivity index (χ0) is 13.1. The van der Waals surface area contributed by atoms with Crippen molar-refractivity contribution in [3.63, 3.8) is 0 Å². The van der Waals surface area contributed by atoms with Crippen LogP contribution >= 0.6 is 0 Å². The Labute approximate surface area is 112 Å². The third kappa shape index (κ3) is 2.53. The second-order valence-electron chi connectivity index (χ2n) is 4.51. The minimum atomic E-state index is 0.715. The Bertz CT molecular complexity index is 669. The first kappa shape index (κ1) is 12.0. The summed E-state index contributed by atoms with van der Waals surface area (Å²) in [6, 6.07) is 12.2. The molecule has 0 bridgehead atoms. The summed E-state index contributed by atoms with van der Waals surface area (Å²) in [5, 5.41) is 3.25. The Kier molecular flexibility index (Phi) is 3.33. The summed E-state index contributed by atoms with van der Waals surface area (Å²) in [5.74, 6) is 1.93. The van der Waals surface area contributed by atoms with Gasteiger partial charge in [0.1, 0.15) is 11.5 Å². The lowest BCUT2D eigenvalue weighted by Gasteiger charge is -2.01. The lowest BCUT2D eigenvalue weighted by molar-refractivity contribution is 0.441. The van der Waals surface area contributed by atoms with Crippen LogP contribution in [0.2, 0.25) is 0 Å². The highest BCUT2D eigenvalue weighted by atomic mass is 16.3. The van der Waals surface area contributed by atoms with Crippen molar-refractivity contribution in [1.82, 2.24) is 14.9 Å². The SMILES string of the molecule is CCNCc1ccc(Cn2cnc3ccccc32)o1. The Hall–Kier alpha value is -2.07. The largest absolute Gasteiger partial charge is 0.463 e. The summed E-state index contributed by atoms with van der Waals surface area (Å²) in [6.45, 7) is 4.53. The molecule has 0 saturated heterocycles. The van der Waals surface area contributed by atoms with Gasteiger partial charge in [-0.05, 0) is 30.8 Å². The van der Waals surface area contributed by atoms with Crippen LogP contribution in [0, 0.1) is 0 Å². The number of para-hydroxylation sites is 2. The second-order valence-corrected chi connectivity index (χ2v) is 4.51. The fourth-order valence-electron chi connectivity index (χ4n) is 2.15. The molecule has 0 aliphatic carbocycles. The lowest BCUT2D eigenvalue weighted by atomic mass is 10.3. The zero-order valence-corrected chi connectivity index (χ0v) is 11.0. The van der Waals surface area contributed by atoms with E-state index in [9.17, 15) is 0 Å². The Morgan fingerprint density at radius 2 is 2.00 bits per heavy atom. The number of nitrogens with one attached hydrogen (secondary N) is 1. The summed E-state index contributed by atoms with van der Waals surface area (Å²) >= 11 is 0. The summed E-state index contributed by atoms with van der Waals surface area (Å²) in [7, 11) is 0. The van der Waals surface area contributed by atoms with Gasteiger partial charge in [0.25, 0.3) is 0 Å². The molecule has 0 spiro atoms. The van der Waals surface area contributed by atoms with Crippen LogP contribution in [-0.4, -0.2) is 16.1 Å². The normalized spacial score (nSPS) is 11.2. The van der Waals surface area contributed by atoms with Crippen LogP contribution in [0.25, 0.3) is 11.0 Å². The minimum Gasteiger partial charge on any atom is -0.463 e. The maximum atomic E-state index is 5.80. The first-order valence-electron chi connectivity index (χ1n) is 6.55. The Morgan fingerprint density at radius 1 is 1.16 bits per heavy atom. The molecule has 2 heterocycles. The number of hydrogen-bond donors (Lipinski definition) is 1. The maximum absolute atomic E-state index is 5.80. The maximum Gasteiger partial charge on any atom is 0.124 e. The van der Waals surface area contributed by atoms with Gasteiger partial charge in [0.2, 0.25) is 0 Å². The van der Waals surface area contributed by atoms with Gasteiger partial charge in [-0.2, -0.15) is 0 Å². The first-order valence-corrected chi connectivity index (χ1v) is 6.55. The van der Waals surface area contributed by atoms with Crippen LogP contribution in [0.15, 0.2) is 47.1 Å². The highest BCUT2D eigenvalue weighted by Crippen LogP contribution is 2.15. The molecule has 4 nitrogen and oxygen atoms in total. The van der Waals surface area contributed by atoms with Gasteiger partial charge in [0.05, 0.1) is 30.5 Å². The fraction of sp³-hybridized carbons (Fsp3) is 0.267. The van der Waals surface area contributed by atoms with Gasteiger partial charge >= 0.3 is 0 Å². The fourth-order valence-corrected chi connectivity index (χ4v) is 2.15. The predicted octanol–water partition coefficient (Wildman–Crippen LogP) is 2.79. The molecule has 2 aromatic heterocycles. The number of hydrogen-bond acceptors (Lipinski definition) is 3. The molecule has 0 amide bonds. The number of fused-ring (bicyclic) bond motifs is 1. The van der Waals surface area contributed by atoms with Crippen molar-refractivity contribution >= 4 is 11.0 Å². The molecule has 3 rings (SSSR count). The molecule has 98 valence electrons. The summed E-state index contributed by atoms with van der Waals surface area (Å²) in [5.41, 5.74) is 2.15. The molecule has 3 aromatic rings. The van der Waals surface area contributed by atoms with Crippen molar-refractivity contribution in [3.8, 4) is 0 Å². The molecule has 1 aromatic carbocycles. The smallest absolute Gasteiger partial charge is 0.124 e. The van der Waals surface area contributed by atoms with Gasteiger partial charge in [-0.1, -0.05) is 19.1 Å². The predicted molar refractivity (Wildman–Crippen MR) is 74.9 cm³/mol. The molecule has 0 saturated carbocycles. The quantitative estimate of drug-likeness (QED) is 0.762. The van der Waals surface area contributed by atoms with Gasteiger partial charge in [-0.3, -0.25) is 0 Å². The molecule has 0 aliphatic heterocycles. The van der Waals surface area contributed by atoms with Crippen molar-refractivity contribution in [2.45, 2.75) is 20.0 Å². The summed E-state index contributed by atoms with van der Waals surface area (Å²) in [4.78, 5) is 4.38. The van der Waals surface area contributed by atoms with E-state index in [-0.39, 0.29) is 0 Å². The molecule has 19 heavy (non-hydrogen) atoms. The monoisotopic (exact) mass is 255 g/mol. The van der Waals surface area contributed by atoms with E-state index in [1.807, 2.05) is 36.7 Å². The topological polar surface area (TPSA) is 43.0 Å². The molecule has 0 unspecified atom stereocenters. The number of nitrogens with zero attached hydrogens (tertiary/aromatic N) is 2. The zero-order valence-electron chi connectivity index (χ0n) is 11.0. The molecular weight excluding hydrogens is 238 g/mol. The van der Waals surface area contributed by atoms with Gasteiger partial charge in [0.15, 0.2) is 0 Å². The van der Waals surface area contributed by atoms with E-state index in [0.717, 1.165) is 35.6 Å². The van der Waals surface area contributed by atoms with Crippen molar-refractivity contribution < 1.29 is 4.42 Å². The first-order chi connectivity index (χ1) is 9.36.